The fourth-order valence-electron chi connectivity index (χ4n) is 2.21. The van der Waals surface area contributed by atoms with Crippen molar-refractivity contribution < 1.29 is 9.53 Å². The van der Waals surface area contributed by atoms with Crippen LogP contribution in [-0.4, -0.2) is 24.0 Å². The number of amides is 1. The fraction of sp³-hybridized carbons (Fsp3) is 0.444. The van der Waals surface area contributed by atoms with Crippen LogP contribution in [0.2, 0.25) is 0 Å². The summed E-state index contributed by atoms with van der Waals surface area (Å²) in [5.74, 6) is 0.917. The summed E-state index contributed by atoms with van der Waals surface area (Å²) in [6, 6.07) is 7.72. The third-order valence-electron chi connectivity index (χ3n) is 3.42. The molecule has 0 aliphatic rings. The maximum Gasteiger partial charge on any atom is 0.220 e. The van der Waals surface area contributed by atoms with Gasteiger partial charge in [-0.05, 0) is 50.8 Å². The zero-order valence-electron chi connectivity index (χ0n) is 13.9. The minimum absolute atomic E-state index is 0.0953. The van der Waals surface area contributed by atoms with E-state index in [0.29, 0.717) is 13.0 Å². The van der Waals surface area contributed by atoms with E-state index in [-0.39, 0.29) is 5.91 Å². The molecule has 1 N–H and O–H groups in total. The first-order valence-corrected chi connectivity index (χ1v) is 9.87. The van der Waals surface area contributed by atoms with Crippen LogP contribution in [0.25, 0.3) is 0 Å². The Hall–Kier alpha value is -1.40. The molecule has 0 atom stereocenters. The molecule has 0 aliphatic heterocycles. The van der Waals surface area contributed by atoms with Crippen LogP contribution >= 0.6 is 27.3 Å². The average molecular weight is 411 g/mol. The van der Waals surface area contributed by atoms with Gasteiger partial charge in [0.1, 0.15) is 5.75 Å². The van der Waals surface area contributed by atoms with Crippen LogP contribution in [0.15, 0.2) is 34.1 Å². The summed E-state index contributed by atoms with van der Waals surface area (Å²) >= 11 is 5.12. The van der Waals surface area contributed by atoms with E-state index < -0.39 is 0 Å². The van der Waals surface area contributed by atoms with E-state index in [1.54, 1.807) is 11.3 Å². The summed E-state index contributed by atoms with van der Waals surface area (Å²) in [6.07, 6.45) is 4.25. The van der Waals surface area contributed by atoms with E-state index in [9.17, 15) is 4.79 Å². The molecule has 0 aliphatic carbocycles. The second-order valence-electron chi connectivity index (χ2n) is 5.60. The molecule has 6 heteroatoms. The van der Waals surface area contributed by atoms with Crippen LogP contribution in [-0.2, 0) is 11.2 Å². The van der Waals surface area contributed by atoms with E-state index in [1.165, 1.54) is 5.01 Å². The molecule has 0 spiro atoms. The molecule has 0 unspecified atom stereocenters. The number of hydrogen-bond donors (Lipinski definition) is 1. The van der Waals surface area contributed by atoms with Gasteiger partial charge in [0.25, 0.3) is 0 Å². The van der Waals surface area contributed by atoms with Gasteiger partial charge in [-0.1, -0.05) is 22.0 Å². The maximum absolute atomic E-state index is 11.8. The largest absolute Gasteiger partial charge is 0.494 e. The standard InChI is InChI=1S/C18H23BrN2O2S/c1-14-13-24-18(21-14)9-2-3-10-20-17(22)8-5-11-23-16-7-4-6-15(19)12-16/h4,6-7,12-13H,2-3,5,8-11H2,1H3,(H,20,22). The smallest absolute Gasteiger partial charge is 0.220 e. The monoisotopic (exact) mass is 410 g/mol. The summed E-state index contributed by atoms with van der Waals surface area (Å²) in [7, 11) is 0. The minimum atomic E-state index is 0.0953. The summed E-state index contributed by atoms with van der Waals surface area (Å²) in [5.41, 5.74) is 1.09. The molecule has 1 amide bonds. The van der Waals surface area contributed by atoms with Gasteiger partial charge in [-0.15, -0.1) is 11.3 Å². The highest BCUT2D eigenvalue weighted by Gasteiger charge is 2.02. The lowest BCUT2D eigenvalue weighted by Gasteiger charge is -2.07. The molecular weight excluding hydrogens is 388 g/mol. The molecule has 0 radical (unpaired) electrons. The van der Waals surface area contributed by atoms with Gasteiger partial charge in [0.05, 0.1) is 11.6 Å². The number of halogens is 1. The van der Waals surface area contributed by atoms with Gasteiger partial charge < -0.3 is 10.1 Å². The molecule has 1 aromatic heterocycles. The molecule has 4 nitrogen and oxygen atoms in total. The van der Waals surface area contributed by atoms with Crippen molar-refractivity contribution in [3.8, 4) is 5.75 Å². The minimum Gasteiger partial charge on any atom is -0.494 e. The number of nitrogens with one attached hydrogen (secondary N) is 1. The number of aryl methyl sites for hydroxylation is 2. The topological polar surface area (TPSA) is 51.2 Å². The Kier molecular flexibility index (Phi) is 8.25. The maximum atomic E-state index is 11.8. The highest BCUT2D eigenvalue weighted by Crippen LogP contribution is 2.17. The van der Waals surface area contributed by atoms with E-state index in [0.717, 1.165) is 48.1 Å². The van der Waals surface area contributed by atoms with Crippen molar-refractivity contribution in [3.63, 3.8) is 0 Å². The second-order valence-corrected chi connectivity index (χ2v) is 7.46. The SMILES string of the molecule is Cc1csc(CCCCNC(=O)CCCOc2cccc(Br)c2)n1. The number of benzene rings is 1. The Morgan fingerprint density at radius 3 is 2.96 bits per heavy atom. The average Bonchev–Trinajstić information content (AvgIpc) is 2.97. The highest BCUT2D eigenvalue weighted by atomic mass is 79.9. The summed E-state index contributed by atoms with van der Waals surface area (Å²) < 4.78 is 6.61. The van der Waals surface area contributed by atoms with Gasteiger partial charge in [-0.25, -0.2) is 4.98 Å². The van der Waals surface area contributed by atoms with Crippen molar-refractivity contribution in [3.05, 3.63) is 44.8 Å². The van der Waals surface area contributed by atoms with Crippen molar-refractivity contribution in [1.82, 2.24) is 10.3 Å². The Morgan fingerprint density at radius 2 is 2.21 bits per heavy atom. The predicted molar refractivity (Wildman–Crippen MR) is 102 cm³/mol. The summed E-state index contributed by atoms with van der Waals surface area (Å²) in [6.45, 7) is 3.30. The van der Waals surface area contributed by atoms with Crippen LogP contribution in [0.1, 0.15) is 36.4 Å². The fourth-order valence-corrected chi connectivity index (χ4v) is 3.41. The first-order valence-electron chi connectivity index (χ1n) is 8.19. The Morgan fingerprint density at radius 1 is 1.33 bits per heavy atom. The van der Waals surface area contributed by atoms with Crippen LogP contribution in [0.5, 0.6) is 5.75 Å². The van der Waals surface area contributed by atoms with Gasteiger partial charge >= 0.3 is 0 Å². The van der Waals surface area contributed by atoms with Crippen molar-refractivity contribution in [1.29, 1.82) is 0 Å². The van der Waals surface area contributed by atoms with E-state index in [1.807, 2.05) is 31.2 Å². The number of nitrogens with zero attached hydrogens (tertiary/aromatic N) is 1. The molecule has 0 bridgehead atoms. The molecule has 2 aromatic rings. The van der Waals surface area contributed by atoms with E-state index in [4.69, 9.17) is 4.74 Å². The number of unbranched alkanes of at least 4 members (excludes halogenated alkanes) is 1. The quantitative estimate of drug-likeness (QED) is 0.586. The van der Waals surface area contributed by atoms with Crippen LogP contribution in [0, 0.1) is 6.92 Å². The van der Waals surface area contributed by atoms with Gasteiger partial charge in [0.15, 0.2) is 0 Å². The molecule has 0 saturated carbocycles. The lowest BCUT2D eigenvalue weighted by molar-refractivity contribution is -0.121. The van der Waals surface area contributed by atoms with Crippen molar-refractivity contribution >= 4 is 33.2 Å². The van der Waals surface area contributed by atoms with Gasteiger partial charge in [-0.2, -0.15) is 0 Å². The van der Waals surface area contributed by atoms with E-state index >= 15 is 0 Å². The van der Waals surface area contributed by atoms with Crippen molar-refractivity contribution in [2.24, 2.45) is 0 Å². The van der Waals surface area contributed by atoms with Gasteiger partial charge in [0.2, 0.25) is 5.91 Å². The molecule has 24 heavy (non-hydrogen) atoms. The molecule has 0 saturated heterocycles. The first kappa shape index (κ1) is 18.9. The third-order valence-corrected chi connectivity index (χ3v) is 4.94. The van der Waals surface area contributed by atoms with Crippen molar-refractivity contribution in [2.75, 3.05) is 13.2 Å². The van der Waals surface area contributed by atoms with Gasteiger partial charge in [-0.3, -0.25) is 4.79 Å². The molecule has 130 valence electrons. The number of aromatic nitrogens is 1. The number of carbonyl (C=O) groups is 1. The Labute approximate surface area is 155 Å². The lowest BCUT2D eigenvalue weighted by Crippen LogP contribution is -2.24. The molecular formula is C18H23BrN2O2S. The predicted octanol–water partition coefficient (Wildman–Crippen LogP) is 4.51. The molecule has 1 aromatic carbocycles. The van der Waals surface area contributed by atoms with Gasteiger partial charge in [0, 0.05) is 28.5 Å². The van der Waals surface area contributed by atoms with E-state index in [2.05, 4.69) is 31.6 Å². The van der Waals surface area contributed by atoms with Crippen LogP contribution < -0.4 is 10.1 Å². The summed E-state index contributed by atoms with van der Waals surface area (Å²) in [4.78, 5) is 16.2. The normalized spacial score (nSPS) is 10.6. The molecule has 2 rings (SSSR count). The third kappa shape index (κ3) is 7.45. The first-order chi connectivity index (χ1) is 11.6. The highest BCUT2D eigenvalue weighted by molar-refractivity contribution is 9.10. The van der Waals surface area contributed by atoms with Crippen LogP contribution in [0.4, 0.5) is 0 Å². The molecule has 1 heterocycles. The zero-order chi connectivity index (χ0) is 17.2. The van der Waals surface area contributed by atoms with Crippen molar-refractivity contribution in [2.45, 2.75) is 39.0 Å². The number of thiazole rings is 1. The number of ether oxygens (including phenoxy) is 1. The lowest BCUT2D eigenvalue weighted by atomic mass is 10.2. The Balaban J connectivity index is 1.47. The number of hydrogen-bond acceptors (Lipinski definition) is 4. The Bertz CT molecular complexity index is 645. The summed E-state index contributed by atoms with van der Waals surface area (Å²) in [5, 5.41) is 6.22. The zero-order valence-corrected chi connectivity index (χ0v) is 16.3. The second kappa shape index (κ2) is 10.5. The van der Waals surface area contributed by atoms with Crippen LogP contribution in [0.3, 0.4) is 0 Å². The number of rotatable bonds is 10. The molecule has 0 fully saturated rings. The number of carbonyl (C=O) groups excluding carboxylic acids is 1.